The third kappa shape index (κ3) is 2.56. The molecule has 2 rings (SSSR count). The fourth-order valence-electron chi connectivity index (χ4n) is 1.22. The van der Waals surface area contributed by atoms with Crippen LogP contribution in [-0.2, 0) is 7.05 Å². The van der Waals surface area contributed by atoms with E-state index in [4.69, 9.17) is 10.8 Å². The van der Waals surface area contributed by atoms with Crippen molar-refractivity contribution >= 4 is 23.4 Å². The number of nitrogen functional groups attached to an aromatic ring is 1. The Morgan fingerprint density at radius 2 is 2.29 bits per heavy atom. The summed E-state index contributed by atoms with van der Waals surface area (Å²) in [5.41, 5.74) is 6.17. The van der Waals surface area contributed by atoms with E-state index >= 15 is 0 Å². The van der Waals surface area contributed by atoms with Crippen LogP contribution in [0.3, 0.4) is 0 Å². The molecule has 0 aromatic carbocycles. The SMILES string of the molecule is Cn1cc(Sc2nc(C(=O)O)ccc2N)cn1. The first-order chi connectivity index (χ1) is 8.06. The second kappa shape index (κ2) is 4.46. The molecule has 0 bridgehead atoms. The highest BCUT2D eigenvalue weighted by atomic mass is 32.2. The van der Waals surface area contributed by atoms with E-state index in [0.29, 0.717) is 10.7 Å². The van der Waals surface area contributed by atoms with Gasteiger partial charge in [-0.05, 0) is 12.1 Å². The molecule has 0 spiro atoms. The molecule has 7 heteroatoms. The van der Waals surface area contributed by atoms with Gasteiger partial charge in [0, 0.05) is 13.2 Å². The second-order valence-electron chi connectivity index (χ2n) is 3.35. The number of hydrogen-bond acceptors (Lipinski definition) is 5. The molecule has 2 heterocycles. The molecule has 0 aliphatic carbocycles. The highest BCUT2D eigenvalue weighted by Gasteiger charge is 2.10. The van der Waals surface area contributed by atoms with E-state index < -0.39 is 5.97 Å². The standard InChI is InChI=1S/C10H10N4O2S/c1-14-5-6(4-12-14)17-9-7(11)2-3-8(13-9)10(15)16/h2-5H,11H2,1H3,(H,15,16). The monoisotopic (exact) mass is 250 g/mol. The lowest BCUT2D eigenvalue weighted by molar-refractivity contribution is 0.0690. The van der Waals surface area contributed by atoms with Crippen molar-refractivity contribution in [1.29, 1.82) is 0 Å². The van der Waals surface area contributed by atoms with E-state index in [0.717, 1.165) is 4.90 Å². The molecule has 88 valence electrons. The summed E-state index contributed by atoms with van der Waals surface area (Å²) < 4.78 is 1.65. The van der Waals surface area contributed by atoms with Crippen molar-refractivity contribution in [3.63, 3.8) is 0 Å². The van der Waals surface area contributed by atoms with Gasteiger partial charge in [-0.3, -0.25) is 4.68 Å². The van der Waals surface area contributed by atoms with Gasteiger partial charge in [-0.2, -0.15) is 5.10 Å². The van der Waals surface area contributed by atoms with E-state index in [2.05, 4.69) is 10.1 Å². The Bertz CT molecular complexity index is 567. The molecule has 2 aromatic heterocycles. The summed E-state index contributed by atoms with van der Waals surface area (Å²) in [5, 5.41) is 13.3. The zero-order valence-corrected chi connectivity index (χ0v) is 9.81. The molecule has 0 aliphatic heterocycles. The predicted molar refractivity (Wildman–Crippen MR) is 62.9 cm³/mol. The maximum Gasteiger partial charge on any atom is 0.354 e. The van der Waals surface area contributed by atoms with Crippen LogP contribution in [0.1, 0.15) is 10.5 Å². The zero-order chi connectivity index (χ0) is 12.4. The lowest BCUT2D eigenvalue weighted by Crippen LogP contribution is -2.02. The van der Waals surface area contributed by atoms with Gasteiger partial charge in [0.05, 0.1) is 16.8 Å². The average molecular weight is 250 g/mol. The van der Waals surface area contributed by atoms with Gasteiger partial charge in [-0.15, -0.1) is 0 Å². The van der Waals surface area contributed by atoms with E-state index in [1.807, 2.05) is 0 Å². The summed E-state index contributed by atoms with van der Waals surface area (Å²) in [6, 6.07) is 2.92. The van der Waals surface area contributed by atoms with Crippen LogP contribution < -0.4 is 5.73 Å². The number of nitrogens with two attached hydrogens (primary N) is 1. The van der Waals surface area contributed by atoms with Crippen LogP contribution in [0.2, 0.25) is 0 Å². The molecule has 6 nitrogen and oxygen atoms in total. The fourth-order valence-corrected chi connectivity index (χ4v) is 2.07. The fraction of sp³-hybridized carbons (Fsp3) is 0.100. The molecular weight excluding hydrogens is 240 g/mol. The molecule has 17 heavy (non-hydrogen) atoms. The summed E-state index contributed by atoms with van der Waals surface area (Å²) >= 11 is 1.28. The summed E-state index contributed by atoms with van der Waals surface area (Å²) in [6.45, 7) is 0. The van der Waals surface area contributed by atoms with Crippen molar-refractivity contribution in [2.45, 2.75) is 9.92 Å². The Labute approximate surface area is 101 Å². The third-order valence-electron chi connectivity index (χ3n) is 2.00. The molecule has 0 fully saturated rings. The van der Waals surface area contributed by atoms with E-state index in [-0.39, 0.29) is 5.69 Å². The maximum atomic E-state index is 10.8. The number of carboxylic acids is 1. The molecular formula is C10H10N4O2S. The lowest BCUT2D eigenvalue weighted by Gasteiger charge is -2.03. The Kier molecular flexibility index (Phi) is 3.01. The van der Waals surface area contributed by atoms with Crippen molar-refractivity contribution in [3.8, 4) is 0 Å². The minimum atomic E-state index is -1.07. The molecule has 0 atom stereocenters. The Balaban J connectivity index is 2.31. The summed E-state index contributed by atoms with van der Waals surface area (Å²) in [4.78, 5) is 15.6. The molecule has 0 radical (unpaired) electrons. The highest BCUT2D eigenvalue weighted by Crippen LogP contribution is 2.29. The number of pyridine rings is 1. The van der Waals surface area contributed by atoms with Crippen molar-refractivity contribution in [1.82, 2.24) is 14.8 Å². The first kappa shape index (κ1) is 11.5. The molecule has 2 aromatic rings. The van der Waals surface area contributed by atoms with Crippen LogP contribution >= 0.6 is 11.8 Å². The minimum absolute atomic E-state index is 0.0226. The van der Waals surface area contributed by atoms with Gasteiger partial charge in [-0.1, -0.05) is 11.8 Å². The van der Waals surface area contributed by atoms with Crippen molar-refractivity contribution in [2.24, 2.45) is 7.05 Å². The van der Waals surface area contributed by atoms with Gasteiger partial charge in [0.2, 0.25) is 0 Å². The maximum absolute atomic E-state index is 10.8. The van der Waals surface area contributed by atoms with E-state index in [1.165, 1.54) is 23.9 Å². The molecule has 3 N–H and O–H groups in total. The predicted octanol–water partition coefficient (Wildman–Crippen LogP) is 1.25. The number of aromatic nitrogens is 3. The first-order valence-electron chi connectivity index (χ1n) is 4.72. The number of nitrogens with zero attached hydrogens (tertiary/aromatic N) is 3. The third-order valence-corrected chi connectivity index (χ3v) is 2.97. The first-order valence-corrected chi connectivity index (χ1v) is 5.54. The topological polar surface area (TPSA) is 94.0 Å². The Morgan fingerprint density at radius 3 is 2.88 bits per heavy atom. The van der Waals surface area contributed by atoms with Gasteiger partial charge in [0.25, 0.3) is 0 Å². The smallest absolute Gasteiger partial charge is 0.354 e. The summed E-state index contributed by atoms with van der Waals surface area (Å²) in [6.07, 6.45) is 3.47. The number of aryl methyl sites for hydroxylation is 1. The van der Waals surface area contributed by atoms with Crippen LogP contribution in [0.4, 0.5) is 5.69 Å². The van der Waals surface area contributed by atoms with Crippen molar-refractivity contribution in [2.75, 3.05) is 5.73 Å². The number of rotatable bonds is 3. The van der Waals surface area contributed by atoms with Gasteiger partial charge in [-0.25, -0.2) is 9.78 Å². The lowest BCUT2D eigenvalue weighted by atomic mass is 10.3. The highest BCUT2D eigenvalue weighted by molar-refractivity contribution is 7.99. The van der Waals surface area contributed by atoms with Gasteiger partial charge in [0.15, 0.2) is 0 Å². The van der Waals surface area contributed by atoms with E-state index in [9.17, 15) is 4.79 Å². The summed E-state index contributed by atoms with van der Waals surface area (Å²) in [7, 11) is 1.80. The second-order valence-corrected chi connectivity index (χ2v) is 4.41. The molecule has 0 unspecified atom stereocenters. The number of aromatic carboxylic acids is 1. The minimum Gasteiger partial charge on any atom is -0.477 e. The number of carbonyl (C=O) groups is 1. The van der Waals surface area contributed by atoms with Crippen LogP contribution in [-0.4, -0.2) is 25.8 Å². The average Bonchev–Trinajstić information content (AvgIpc) is 2.67. The van der Waals surface area contributed by atoms with Crippen molar-refractivity contribution < 1.29 is 9.90 Å². The zero-order valence-electron chi connectivity index (χ0n) is 8.99. The van der Waals surface area contributed by atoms with Crippen molar-refractivity contribution in [3.05, 3.63) is 30.2 Å². The molecule has 0 amide bonds. The van der Waals surface area contributed by atoms with Crippen LogP contribution in [0.5, 0.6) is 0 Å². The molecule has 0 saturated carbocycles. The number of carboxylic acid groups (broad SMARTS) is 1. The van der Waals surface area contributed by atoms with Crippen LogP contribution in [0.15, 0.2) is 34.4 Å². The summed E-state index contributed by atoms with van der Waals surface area (Å²) in [5.74, 6) is -1.07. The van der Waals surface area contributed by atoms with Gasteiger partial charge >= 0.3 is 5.97 Å². The quantitative estimate of drug-likeness (QED) is 0.851. The van der Waals surface area contributed by atoms with E-state index in [1.54, 1.807) is 24.1 Å². The molecule has 0 aliphatic rings. The van der Waals surface area contributed by atoms with Gasteiger partial charge in [0.1, 0.15) is 10.7 Å². The number of hydrogen-bond donors (Lipinski definition) is 2. The normalized spacial score (nSPS) is 10.4. The Hall–Kier alpha value is -2.02. The Morgan fingerprint density at radius 1 is 1.53 bits per heavy atom. The van der Waals surface area contributed by atoms with Gasteiger partial charge < -0.3 is 10.8 Å². The largest absolute Gasteiger partial charge is 0.477 e. The van der Waals surface area contributed by atoms with Crippen LogP contribution in [0.25, 0.3) is 0 Å². The molecule has 0 saturated heterocycles. The van der Waals surface area contributed by atoms with Crippen LogP contribution in [0, 0.1) is 0 Å². The number of anilines is 1.